The molecule has 1 aliphatic rings. The molecule has 1 heterocycles. The minimum absolute atomic E-state index is 0.172. The summed E-state index contributed by atoms with van der Waals surface area (Å²) in [6.45, 7) is 1.72. The molecule has 0 radical (unpaired) electrons. The second-order valence-electron chi connectivity index (χ2n) is 4.61. The lowest BCUT2D eigenvalue weighted by Gasteiger charge is -2.20. The maximum Gasteiger partial charge on any atom is 0.281 e. The van der Waals surface area contributed by atoms with Crippen LogP contribution in [0.2, 0.25) is 0 Å². The van der Waals surface area contributed by atoms with Gasteiger partial charge in [-0.3, -0.25) is 4.79 Å². The van der Waals surface area contributed by atoms with Crippen molar-refractivity contribution in [2.45, 2.75) is 24.8 Å². The summed E-state index contributed by atoms with van der Waals surface area (Å²) in [4.78, 5) is 15.8. The second kappa shape index (κ2) is 5.05. The molecule has 1 atom stereocenters. The fourth-order valence-corrected chi connectivity index (χ4v) is 3.07. The monoisotopic (exact) mass is 344 g/mol. The van der Waals surface area contributed by atoms with Crippen molar-refractivity contribution in [2.75, 3.05) is 0 Å². The minimum Gasteiger partial charge on any atom is -0.273 e. The molecule has 19 heavy (non-hydrogen) atoms. The average molecular weight is 345 g/mol. The maximum atomic E-state index is 12.0. The van der Waals surface area contributed by atoms with Crippen molar-refractivity contribution in [1.29, 1.82) is 0 Å². The lowest BCUT2D eigenvalue weighted by Crippen LogP contribution is -2.40. The van der Waals surface area contributed by atoms with E-state index in [-0.39, 0.29) is 5.03 Å². The van der Waals surface area contributed by atoms with Gasteiger partial charge in [0, 0.05) is 10.7 Å². The Morgan fingerprint density at radius 3 is 2.74 bits per heavy atom. The SMILES string of the molecule is CC1(C(=O)NS(=O)(=O)c2ccc(Br)cn2)C=CCC1. The van der Waals surface area contributed by atoms with Gasteiger partial charge in [-0.15, -0.1) is 0 Å². The number of nitrogens with one attached hydrogen (secondary N) is 1. The lowest BCUT2D eigenvalue weighted by atomic mass is 9.90. The van der Waals surface area contributed by atoms with Crippen LogP contribution in [-0.4, -0.2) is 19.3 Å². The number of aromatic nitrogens is 1. The van der Waals surface area contributed by atoms with Crippen molar-refractivity contribution in [1.82, 2.24) is 9.71 Å². The molecule has 0 aromatic carbocycles. The highest BCUT2D eigenvalue weighted by atomic mass is 79.9. The molecular weight excluding hydrogens is 332 g/mol. The Kier molecular flexibility index (Phi) is 3.78. The zero-order valence-corrected chi connectivity index (χ0v) is 12.7. The van der Waals surface area contributed by atoms with Crippen LogP contribution in [-0.2, 0) is 14.8 Å². The summed E-state index contributed by atoms with van der Waals surface area (Å²) < 4.78 is 26.8. The summed E-state index contributed by atoms with van der Waals surface area (Å²) in [5.41, 5.74) is -0.761. The molecule has 7 heteroatoms. The minimum atomic E-state index is -3.92. The first-order valence-corrected chi connectivity index (χ1v) is 7.98. The van der Waals surface area contributed by atoms with Crippen LogP contribution in [0.15, 0.2) is 40.0 Å². The molecule has 1 amide bonds. The third-order valence-electron chi connectivity index (χ3n) is 3.04. The van der Waals surface area contributed by atoms with Gasteiger partial charge in [0.25, 0.3) is 10.0 Å². The Balaban J connectivity index is 2.20. The Hall–Kier alpha value is -1.21. The summed E-state index contributed by atoms with van der Waals surface area (Å²) >= 11 is 3.17. The Morgan fingerprint density at radius 2 is 2.21 bits per heavy atom. The van der Waals surface area contributed by atoms with Gasteiger partial charge in [0.05, 0.1) is 5.41 Å². The van der Waals surface area contributed by atoms with Gasteiger partial charge in [-0.05, 0) is 47.8 Å². The van der Waals surface area contributed by atoms with Crippen molar-refractivity contribution >= 4 is 31.9 Å². The Morgan fingerprint density at radius 1 is 1.47 bits per heavy atom. The third-order valence-corrected chi connectivity index (χ3v) is 4.75. The predicted octanol–water partition coefficient (Wildman–Crippen LogP) is 2.01. The highest BCUT2D eigenvalue weighted by Crippen LogP contribution is 2.31. The quantitative estimate of drug-likeness (QED) is 0.851. The molecule has 1 N–H and O–H groups in total. The Labute approximate surface area is 120 Å². The zero-order valence-electron chi connectivity index (χ0n) is 10.3. The van der Waals surface area contributed by atoms with Gasteiger partial charge in [0.1, 0.15) is 0 Å². The van der Waals surface area contributed by atoms with Crippen LogP contribution in [0.25, 0.3) is 0 Å². The van der Waals surface area contributed by atoms with E-state index in [9.17, 15) is 13.2 Å². The van der Waals surface area contributed by atoms with Crippen molar-refractivity contribution < 1.29 is 13.2 Å². The van der Waals surface area contributed by atoms with Gasteiger partial charge in [-0.2, -0.15) is 8.42 Å². The van der Waals surface area contributed by atoms with Crippen LogP contribution in [0, 0.1) is 5.41 Å². The average Bonchev–Trinajstić information content (AvgIpc) is 2.77. The van der Waals surface area contributed by atoms with Crippen LogP contribution in [0.1, 0.15) is 19.8 Å². The van der Waals surface area contributed by atoms with Gasteiger partial charge in [-0.1, -0.05) is 12.2 Å². The van der Waals surface area contributed by atoms with Gasteiger partial charge in [0.2, 0.25) is 5.91 Å². The molecule has 1 unspecified atom stereocenters. The summed E-state index contributed by atoms with van der Waals surface area (Å²) in [5, 5.41) is -0.172. The van der Waals surface area contributed by atoms with E-state index in [1.807, 2.05) is 6.08 Å². The predicted molar refractivity (Wildman–Crippen MR) is 73.7 cm³/mol. The summed E-state index contributed by atoms with van der Waals surface area (Å²) in [7, 11) is -3.92. The van der Waals surface area contributed by atoms with Crippen molar-refractivity contribution in [3.8, 4) is 0 Å². The van der Waals surface area contributed by atoms with Crippen molar-refractivity contribution in [2.24, 2.45) is 5.41 Å². The van der Waals surface area contributed by atoms with Crippen LogP contribution in [0.4, 0.5) is 0 Å². The molecule has 1 aromatic heterocycles. The summed E-state index contributed by atoms with van der Waals surface area (Å²) in [6, 6.07) is 2.90. The first-order chi connectivity index (χ1) is 8.83. The highest BCUT2D eigenvalue weighted by molar-refractivity contribution is 9.10. The van der Waals surface area contributed by atoms with Gasteiger partial charge >= 0.3 is 0 Å². The fraction of sp³-hybridized carbons (Fsp3) is 0.333. The number of halogens is 1. The molecule has 0 saturated heterocycles. The van der Waals surface area contributed by atoms with E-state index >= 15 is 0 Å². The van der Waals surface area contributed by atoms with Crippen LogP contribution in [0.3, 0.4) is 0 Å². The normalized spacial score (nSPS) is 22.4. The molecular formula is C12H13BrN2O3S. The summed E-state index contributed by atoms with van der Waals surface area (Å²) in [6.07, 6.45) is 6.38. The van der Waals surface area contributed by atoms with Crippen LogP contribution < -0.4 is 4.72 Å². The van der Waals surface area contributed by atoms with Crippen molar-refractivity contribution in [3.05, 3.63) is 35.0 Å². The zero-order chi connectivity index (χ0) is 14.1. The molecule has 0 saturated carbocycles. The number of carbonyl (C=O) groups excluding carboxylic acids is 1. The number of rotatable bonds is 3. The molecule has 0 bridgehead atoms. The van der Waals surface area contributed by atoms with Gasteiger partial charge in [0.15, 0.2) is 5.03 Å². The van der Waals surface area contributed by atoms with Crippen molar-refractivity contribution in [3.63, 3.8) is 0 Å². The number of pyridine rings is 1. The van der Waals surface area contributed by atoms with Gasteiger partial charge in [-0.25, -0.2) is 9.71 Å². The molecule has 102 valence electrons. The van der Waals surface area contributed by atoms with E-state index in [4.69, 9.17) is 0 Å². The van der Waals surface area contributed by atoms with E-state index in [1.165, 1.54) is 12.3 Å². The number of hydrogen-bond acceptors (Lipinski definition) is 4. The molecule has 5 nitrogen and oxygen atoms in total. The van der Waals surface area contributed by atoms with E-state index < -0.39 is 21.3 Å². The molecule has 0 fully saturated rings. The highest BCUT2D eigenvalue weighted by Gasteiger charge is 2.35. The molecule has 2 rings (SSSR count). The first kappa shape index (κ1) is 14.2. The molecule has 0 spiro atoms. The second-order valence-corrected chi connectivity index (χ2v) is 7.15. The largest absolute Gasteiger partial charge is 0.281 e. The third kappa shape index (κ3) is 3.03. The Bertz CT molecular complexity index is 625. The number of hydrogen-bond donors (Lipinski definition) is 1. The number of amides is 1. The number of carbonyl (C=O) groups is 1. The van der Waals surface area contributed by atoms with E-state index in [0.29, 0.717) is 10.9 Å². The van der Waals surface area contributed by atoms with Crippen LogP contribution in [0.5, 0.6) is 0 Å². The van der Waals surface area contributed by atoms with Gasteiger partial charge < -0.3 is 0 Å². The summed E-state index contributed by atoms with van der Waals surface area (Å²) in [5.74, 6) is -0.522. The molecule has 1 aromatic rings. The standard InChI is InChI=1S/C12H13BrN2O3S/c1-12(6-2-3-7-12)11(16)15-19(17,18)10-5-4-9(13)8-14-10/h2,4-6,8H,3,7H2,1H3,(H,15,16). The number of allylic oxidation sites excluding steroid dienone is 1. The topological polar surface area (TPSA) is 76.1 Å². The molecule has 0 aliphatic heterocycles. The smallest absolute Gasteiger partial charge is 0.273 e. The number of sulfonamides is 1. The lowest BCUT2D eigenvalue weighted by molar-refractivity contribution is -0.125. The molecule has 1 aliphatic carbocycles. The van der Waals surface area contributed by atoms with Crippen LogP contribution >= 0.6 is 15.9 Å². The van der Waals surface area contributed by atoms with E-state index in [1.54, 1.807) is 19.1 Å². The van der Waals surface area contributed by atoms with E-state index in [2.05, 4.69) is 25.6 Å². The van der Waals surface area contributed by atoms with E-state index in [0.717, 1.165) is 6.42 Å². The fourth-order valence-electron chi connectivity index (χ4n) is 1.81. The maximum absolute atomic E-state index is 12.0. The first-order valence-electron chi connectivity index (χ1n) is 5.70. The number of nitrogens with zero attached hydrogens (tertiary/aromatic N) is 1.